The summed E-state index contributed by atoms with van der Waals surface area (Å²) in [6, 6.07) is 15.7. The summed E-state index contributed by atoms with van der Waals surface area (Å²) in [6.45, 7) is 1.55. The molecule has 0 bridgehead atoms. The zero-order valence-electron chi connectivity index (χ0n) is 14.5. The topological polar surface area (TPSA) is 35.7 Å². The van der Waals surface area contributed by atoms with Crippen LogP contribution in [-0.4, -0.2) is 34.7 Å². The Morgan fingerprint density at radius 1 is 0.957 bits per heavy atom. The van der Waals surface area contributed by atoms with Crippen LogP contribution in [0.15, 0.2) is 42.5 Å². The predicted octanol–water partition coefficient (Wildman–Crippen LogP) is 2.84. The fraction of sp³-hybridized carbons (Fsp3) is 0.368. The van der Waals surface area contributed by atoms with E-state index < -0.39 is 0 Å². The molecule has 1 heterocycles. The smallest absolute Gasteiger partial charge is 0.0672 e. The summed E-state index contributed by atoms with van der Waals surface area (Å²) in [4.78, 5) is 6.66. The lowest BCUT2D eigenvalue weighted by atomic mass is 10.0. The number of anilines is 3. The molecule has 4 nitrogen and oxygen atoms in total. The van der Waals surface area contributed by atoms with Gasteiger partial charge in [-0.15, -0.1) is 0 Å². The Hall–Kier alpha value is -2.20. The Bertz CT molecular complexity index is 676. The van der Waals surface area contributed by atoms with Gasteiger partial charge in [0.25, 0.3) is 0 Å². The first-order valence-corrected chi connectivity index (χ1v) is 8.05. The molecule has 0 amide bonds. The highest BCUT2D eigenvalue weighted by molar-refractivity contribution is 5.62. The molecule has 0 fully saturated rings. The number of rotatable bonds is 4. The van der Waals surface area contributed by atoms with Gasteiger partial charge in [0.1, 0.15) is 0 Å². The minimum absolute atomic E-state index is 0.245. The Kier molecular flexibility index (Phi) is 4.18. The van der Waals surface area contributed by atoms with Gasteiger partial charge in [-0.25, -0.2) is 0 Å². The number of nitrogens with zero attached hydrogens (tertiary/aromatic N) is 3. The van der Waals surface area contributed by atoms with Gasteiger partial charge in [0, 0.05) is 58.3 Å². The molecule has 23 heavy (non-hydrogen) atoms. The second-order valence-corrected chi connectivity index (χ2v) is 6.57. The molecule has 1 aliphatic rings. The molecule has 0 spiro atoms. The molecule has 1 atom stereocenters. The van der Waals surface area contributed by atoms with Crippen molar-refractivity contribution in [1.82, 2.24) is 0 Å². The minimum atomic E-state index is 0.245. The summed E-state index contributed by atoms with van der Waals surface area (Å²) in [6.07, 6.45) is 0. The van der Waals surface area contributed by atoms with E-state index in [2.05, 4.69) is 85.4 Å². The summed E-state index contributed by atoms with van der Waals surface area (Å²) in [7, 11) is 8.27. The van der Waals surface area contributed by atoms with E-state index in [0.717, 1.165) is 6.54 Å². The number of hydrogen-bond donors (Lipinski definition) is 1. The molecule has 4 heteroatoms. The first-order valence-electron chi connectivity index (χ1n) is 8.05. The summed E-state index contributed by atoms with van der Waals surface area (Å²) in [5, 5.41) is 0. The molecule has 3 rings (SSSR count). The Morgan fingerprint density at radius 3 is 2.13 bits per heavy atom. The van der Waals surface area contributed by atoms with E-state index in [1.807, 2.05) is 0 Å². The van der Waals surface area contributed by atoms with E-state index in [-0.39, 0.29) is 6.04 Å². The van der Waals surface area contributed by atoms with Crippen LogP contribution in [0.25, 0.3) is 0 Å². The molecule has 2 N–H and O–H groups in total. The van der Waals surface area contributed by atoms with Gasteiger partial charge in [0.15, 0.2) is 0 Å². The minimum Gasteiger partial charge on any atom is -0.378 e. The van der Waals surface area contributed by atoms with Crippen LogP contribution in [0.5, 0.6) is 0 Å². The molecule has 2 aromatic carbocycles. The van der Waals surface area contributed by atoms with Gasteiger partial charge in [-0.3, -0.25) is 0 Å². The normalized spacial score (nSPS) is 16.4. The third-order valence-electron chi connectivity index (χ3n) is 4.64. The van der Waals surface area contributed by atoms with Crippen LogP contribution in [0.3, 0.4) is 0 Å². The van der Waals surface area contributed by atoms with Gasteiger partial charge < -0.3 is 20.4 Å². The molecule has 0 aliphatic carbocycles. The number of hydrogen-bond acceptors (Lipinski definition) is 4. The van der Waals surface area contributed by atoms with Crippen molar-refractivity contribution in [1.29, 1.82) is 0 Å². The highest BCUT2D eigenvalue weighted by Crippen LogP contribution is 2.38. The summed E-state index contributed by atoms with van der Waals surface area (Å²) in [5.41, 5.74) is 12.5. The maximum atomic E-state index is 6.12. The maximum Gasteiger partial charge on any atom is 0.0672 e. The fourth-order valence-corrected chi connectivity index (χ4v) is 3.24. The van der Waals surface area contributed by atoms with Crippen molar-refractivity contribution in [2.45, 2.75) is 12.6 Å². The fourth-order valence-electron chi connectivity index (χ4n) is 3.24. The largest absolute Gasteiger partial charge is 0.378 e. The van der Waals surface area contributed by atoms with Crippen molar-refractivity contribution in [3.63, 3.8) is 0 Å². The molecule has 0 saturated heterocycles. The second-order valence-electron chi connectivity index (χ2n) is 6.57. The standard InChI is InChI=1S/C19H26N4/c1-21(2)15-7-9-16(10-8-15)23-13-14-5-6-17(22(3)4)11-18(14)19(23)12-20/h5-11,19H,12-13,20H2,1-4H3. The third-order valence-corrected chi connectivity index (χ3v) is 4.64. The van der Waals surface area contributed by atoms with Crippen molar-refractivity contribution < 1.29 is 0 Å². The Labute approximate surface area is 139 Å². The quantitative estimate of drug-likeness (QED) is 0.942. The molecule has 0 aromatic heterocycles. The molecule has 2 aromatic rings. The zero-order chi connectivity index (χ0) is 16.6. The molecular formula is C19H26N4. The number of nitrogens with two attached hydrogens (primary N) is 1. The van der Waals surface area contributed by atoms with Crippen LogP contribution in [0, 0.1) is 0 Å². The lowest BCUT2D eigenvalue weighted by molar-refractivity contribution is 0.679. The van der Waals surface area contributed by atoms with Gasteiger partial charge >= 0.3 is 0 Å². The van der Waals surface area contributed by atoms with Crippen LogP contribution >= 0.6 is 0 Å². The average Bonchev–Trinajstić information content (AvgIpc) is 2.92. The van der Waals surface area contributed by atoms with Crippen LogP contribution in [0.4, 0.5) is 17.1 Å². The van der Waals surface area contributed by atoms with Crippen molar-refractivity contribution in [2.75, 3.05) is 49.4 Å². The second kappa shape index (κ2) is 6.13. The lowest BCUT2D eigenvalue weighted by Crippen LogP contribution is -2.27. The van der Waals surface area contributed by atoms with Crippen molar-refractivity contribution in [3.8, 4) is 0 Å². The van der Waals surface area contributed by atoms with Crippen molar-refractivity contribution in [3.05, 3.63) is 53.6 Å². The van der Waals surface area contributed by atoms with Crippen molar-refractivity contribution in [2.24, 2.45) is 5.73 Å². The monoisotopic (exact) mass is 310 g/mol. The zero-order valence-corrected chi connectivity index (χ0v) is 14.5. The van der Waals surface area contributed by atoms with Crippen LogP contribution in [0.1, 0.15) is 17.2 Å². The van der Waals surface area contributed by atoms with Crippen LogP contribution in [0.2, 0.25) is 0 Å². The van der Waals surface area contributed by atoms with Gasteiger partial charge in [-0.2, -0.15) is 0 Å². The van der Waals surface area contributed by atoms with E-state index in [9.17, 15) is 0 Å². The highest BCUT2D eigenvalue weighted by Gasteiger charge is 2.29. The SMILES string of the molecule is CN(C)c1ccc(N2Cc3ccc(N(C)C)cc3C2CN)cc1. The van der Waals surface area contributed by atoms with Gasteiger partial charge in [0.2, 0.25) is 0 Å². The van der Waals surface area contributed by atoms with Crippen LogP contribution in [-0.2, 0) is 6.54 Å². The Balaban J connectivity index is 1.92. The summed E-state index contributed by atoms with van der Waals surface area (Å²) in [5.74, 6) is 0. The van der Waals surface area contributed by atoms with Gasteiger partial charge in [-0.05, 0) is 47.5 Å². The first-order chi connectivity index (χ1) is 11.0. The first kappa shape index (κ1) is 15.7. The van der Waals surface area contributed by atoms with E-state index in [1.54, 1.807) is 0 Å². The molecular weight excluding hydrogens is 284 g/mol. The highest BCUT2D eigenvalue weighted by atomic mass is 15.2. The van der Waals surface area contributed by atoms with Gasteiger partial charge in [-0.1, -0.05) is 6.07 Å². The number of benzene rings is 2. The molecule has 1 unspecified atom stereocenters. The third kappa shape index (κ3) is 2.86. The predicted molar refractivity (Wildman–Crippen MR) is 99.5 cm³/mol. The van der Waals surface area contributed by atoms with E-state index >= 15 is 0 Å². The lowest BCUT2D eigenvalue weighted by Gasteiger charge is -2.27. The molecule has 122 valence electrons. The maximum absolute atomic E-state index is 6.12. The average molecular weight is 310 g/mol. The summed E-state index contributed by atoms with van der Waals surface area (Å²) < 4.78 is 0. The van der Waals surface area contributed by atoms with E-state index in [0.29, 0.717) is 6.54 Å². The molecule has 0 radical (unpaired) electrons. The Morgan fingerprint density at radius 2 is 1.57 bits per heavy atom. The summed E-state index contributed by atoms with van der Waals surface area (Å²) >= 11 is 0. The van der Waals surface area contributed by atoms with Crippen LogP contribution < -0.4 is 20.4 Å². The molecule has 0 saturated carbocycles. The van der Waals surface area contributed by atoms with Gasteiger partial charge in [0.05, 0.1) is 6.04 Å². The van der Waals surface area contributed by atoms with E-state index in [1.165, 1.54) is 28.2 Å². The van der Waals surface area contributed by atoms with Crippen molar-refractivity contribution >= 4 is 17.1 Å². The van der Waals surface area contributed by atoms with E-state index in [4.69, 9.17) is 5.73 Å². The number of fused-ring (bicyclic) bond motifs is 1. The molecule has 1 aliphatic heterocycles.